The summed E-state index contributed by atoms with van der Waals surface area (Å²) in [6.45, 7) is 2.06. The number of rotatable bonds is 2. The van der Waals surface area contributed by atoms with E-state index in [1.54, 1.807) is 6.92 Å². The summed E-state index contributed by atoms with van der Waals surface area (Å²) < 4.78 is 5.46. The maximum atomic E-state index is 12.2. The van der Waals surface area contributed by atoms with Gasteiger partial charge in [-0.1, -0.05) is 25.1 Å². The highest BCUT2D eigenvalue weighted by atomic mass is 32.1. The molecule has 1 aliphatic rings. The lowest BCUT2D eigenvalue weighted by molar-refractivity contribution is 0.0524. The monoisotopic (exact) mass is 290 g/mol. The Morgan fingerprint density at radius 2 is 2.05 bits per heavy atom. The van der Waals surface area contributed by atoms with E-state index in [0.717, 1.165) is 43.4 Å². The van der Waals surface area contributed by atoms with E-state index in [1.165, 1.54) is 6.42 Å². The van der Waals surface area contributed by atoms with Gasteiger partial charge in [-0.15, -0.1) is 0 Å². The first-order chi connectivity index (χ1) is 9.69. The molecule has 1 aliphatic carbocycles. The molecule has 1 aromatic rings. The smallest absolute Gasteiger partial charge is 0.339 e. The number of nitriles is 1. The number of pyridine rings is 1. The Morgan fingerprint density at radius 3 is 2.70 bits per heavy atom. The van der Waals surface area contributed by atoms with Crippen LogP contribution in [0.1, 0.15) is 59.8 Å². The number of aromatic nitrogens is 1. The highest BCUT2D eigenvalue weighted by Gasteiger charge is 2.23. The minimum Gasteiger partial charge on any atom is -0.462 e. The molecule has 1 aromatic heterocycles. The van der Waals surface area contributed by atoms with Crippen molar-refractivity contribution in [2.75, 3.05) is 6.61 Å². The molecule has 0 spiro atoms. The topological polar surface area (TPSA) is 65.9 Å². The molecule has 0 saturated heterocycles. The van der Waals surface area contributed by atoms with E-state index in [4.69, 9.17) is 17.0 Å². The van der Waals surface area contributed by atoms with Crippen molar-refractivity contribution in [1.29, 1.82) is 5.26 Å². The SMILES string of the molecule is CCOC(=O)c1c2c([nH]c(=S)c1C#N)CCCCCC2. The van der Waals surface area contributed by atoms with Gasteiger partial charge in [-0.2, -0.15) is 5.26 Å². The molecule has 1 N–H and O–H groups in total. The van der Waals surface area contributed by atoms with Crippen LogP contribution in [0.5, 0.6) is 0 Å². The van der Waals surface area contributed by atoms with Crippen LogP contribution in [-0.4, -0.2) is 17.6 Å². The predicted molar refractivity (Wildman–Crippen MR) is 78.2 cm³/mol. The summed E-state index contributed by atoms with van der Waals surface area (Å²) in [6, 6.07) is 2.05. The Labute approximate surface area is 123 Å². The third kappa shape index (κ3) is 2.91. The van der Waals surface area contributed by atoms with Crippen molar-refractivity contribution in [2.45, 2.75) is 45.4 Å². The molecule has 1 heterocycles. The fourth-order valence-electron chi connectivity index (χ4n) is 2.67. The fourth-order valence-corrected chi connectivity index (χ4v) is 2.94. The summed E-state index contributed by atoms with van der Waals surface area (Å²) in [5.41, 5.74) is 2.55. The molecule has 0 aliphatic heterocycles. The Hall–Kier alpha value is -1.67. The highest BCUT2D eigenvalue weighted by Crippen LogP contribution is 2.25. The molecular weight excluding hydrogens is 272 g/mol. The third-order valence-corrected chi connectivity index (χ3v) is 3.91. The maximum absolute atomic E-state index is 12.2. The number of ether oxygens (including phenoxy) is 1. The lowest BCUT2D eigenvalue weighted by atomic mass is 9.91. The first-order valence-corrected chi connectivity index (χ1v) is 7.45. The second kappa shape index (κ2) is 6.67. The van der Waals surface area contributed by atoms with Crippen LogP contribution < -0.4 is 0 Å². The van der Waals surface area contributed by atoms with Crippen molar-refractivity contribution in [2.24, 2.45) is 0 Å². The average molecular weight is 290 g/mol. The number of esters is 1. The molecule has 0 atom stereocenters. The molecule has 0 bridgehead atoms. The number of H-pyrrole nitrogens is 1. The summed E-state index contributed by atoms with van der Waals surface area (Å²) in [6.07, 6.45) is 6.11. The van der Waals surface area contributed by atoms with Gasteiger partial charge < -0.3 is 9.72 Å². The number of nitrogens with one attached hydrogen (secondary N) is 1. The predicted octanol–water partition coefficient (Wildman–Crippen LogP) is 3.45. The minimum atomic E-state index is -0.430. The summed E-state index contributed by atoms with van der Waals surface area (Å²) in [4.78, 5) is 15.4. The van der Waals surface area contributed by atoms with Gasteiger partial charge in [0.15, 0.2) is 0 Å². The minimum absolute atomic E-state index is 0.248. The molecule has 20 heavy (non-hydrogen) atoms. The van der Waals surface area contributed by atoms with E-state index in [-0.39, 0.29) is 5.56 Å². The Morgan fingerprint density at radius 1 is 1.35 bits per heavy atom. The zero-order valence-electron chi connectivity index (χ0n) is 11.6. The Bertz CT molecular complexity index is 614. The molecular formula is C15H18N2O2S. The zero-order valence-corrected chi connectivity index (χ0v) is 12.4. The van der Waals surface area contributed by atoms with Crippen LogP contribution >= 0.6 is 12.2 Å². The summed E-state index contributed by atoms with van der Waals surface area (Å²) >= 11 is 5.22. The van der Waals surface area contributed by atoms with Gasteiger partial charge in [-0.25, -0.2) is 4.79 Å². The normalized spacial score (nSPS) is 14.6. The van der Waals surface area contributed by atoms with Crippen LogP contribution in [0, 0.1) is 16.0 Å². The van der Waals surface area contributed by atoms with Crippen LogP contribution in [0.25, 0.3) is 0 Å². The Balaban J connectivity index is 2.63. The zero-order chi connectivity index (χ0) is 14.5. The standard InChI is InChI=1S/C15H18N2O2S/c1-2-19-15(18)13-10-7-5-3-4-6-8-12(10)17-14(20)11(13)9-16/h2-8H2,1H3,(H,17,20). The number of fused-ring (bicyclic) bond motifs is 1. The summed E-state index contributed by atoms with van der Waals surface area (Å²) in [5.74, 6) is -0.430. The van der Waals surface area contributed by atoms with Gasteiger partial charge in [0, 0.05) is 5.69 Å². The lowest BCUT2D eigenvalue weighted by Crippen LogP contribution is -2.16. The van der Waals surface area contributed by atoms with Gasteiger partial charge in [-0.3, -0.25) is 0 Å². The first kappa shape index (κ1) is 14.7. The first-order valence-electron chi connectivity index (χ1n) is 7.04. The van der Waals surface area contributed by atoms with Crippen LogP contribution in [-0.2, 0) is 17.6 Å². The number of hydrogen-bond acceptors (Lipinski definition) is 4. The van der Waals surface area contributed by atoms with Crippen LogP contribution in [0.4, 0.5) is 0 Å². The molecule has 5 heteroatoms. The summed E-state index contributed by atoms with van der Waals surface area (Å²) in [7, 11) is 0. The van der Waals surface area contributed by atoms with Crippen LogP contribution in [0.2, 0.25) is 0 Å². The molecule has 0 fully saturated rings. The van der Waals surface area contributed by atoms with E-state index in [0.29, 0.717) is 16.8 Å². The van der Waals surface area contributed by atoms with E-state index in [2.05, 4.69) is 11.1 Å². The largest absolute Gasteiger partial charge is 0.462 e. The number of aryl methyl sites for hydroxylation is 1. The van der Waals surface area contributed by atoms with E-state index in [9.17, 15) is 10.1 Å². The molecule has 106 valence electrons. The molecule has 0 amide bonds. The number of carbonyl (C=O) groups is 1. The number of nitrogens with zero attached hydrogens (tertiary/aromatic N) is 1. The van der Waals surface area contributed by atoms with E-state index >= 15 is 0 Å². The number of aromatic amines is 1. The van der Waals surface area contributed by atoms with Crippen molar-refractivity contribution in [3.63, 3.8) is 0 Å². The van der Waals surface area contributed by atoms with Crippen LogP contribution in [0.15, 0.2) is 0 Å². The van der Waals surface area contributed by atoms with E-state index in [1.807, 2.05) is 0 Å². The summed E-state index contributed by atoms with van der Waals surface area (Å²) in [5, 5.41) is 9.30. The van der Waals surface area contributed by atoms with Crippen LogP contribution in [0.3, 0.4) is 0 Å². The van der Waals surface area contributed by atoms with Gasteiger partial charge >= 0.3 is 5.97 Å². The van der Waals surface area contributed by atoms with Gasteiger partial charge in [0.2, 0.25) is 0 Å². The Kier molecular flexibility index (Phi) is 4.91. The van der Waals surface area contributed by atoms with Gasteiger partial charge in [-0.05, 0) is 38.2 Å². The molecule has 0 saturated carbocycles. The van der Waals surface area contributed by atoms with Crippen molar-refractivity contribution in [1.82, 2.24) is 4.98 Å². The van der Waals surface area contributed by atoms with Gasteiger partial charge in [0.05, 0.1) is 12.2 Å². The molecule has 4 nitrogen and oxygen atoms in total. The van der Waals surface area contributed by atoms with E-state index < -0.39 is 5.97 Å². The quantitative estimate of drug-likeness (QED) is 0.669. The van der Waals surface area contributed by atoms with Gasteiger partial charge in [0.1, 0.15) is 16.3 Å². The maximum Gasteiger partial charge on any atom is 0.339 e. The van der Waals surface area contributed by atoms with Crippen molar-refractivity contribution >= 4 is 18.2 Å². The third-order valence-electron chi connectivity index (χ3n) is 3.60. The van der Waals surface area contributed by atoms with Crippen molar-refractivity contribution in [3.05, 3.63) is 27.0 Å². The molecule has 0 unspecified atom stereocenters. The highest BCUT2D eigenvalue weighted by molar-refractivity contribution is 7.71. The van der Waals surface area contributed by atoms with Crippen molar-refractivity contribution < 1.29 is 9.53 Å². The number of carbonyl (C=O) groups excluding carboxylic acids is 1. The second-order valence-corrected chi connectivity index (χ2v) is 5.32. The van der Waals surface area contributed by atoms with Gasteiger partial charge in [0.25, 0.3) is 0 Å². The van der Waals surface area contributed by atoms with Crippen molar-refractivity contribution in [3.8, 4) is 6.07 Å². The molecule has 0 radical (unpaired) electrons. The number of hydrogen-bond donors (Lipinski definition) is 1. The second-order valence-electron chi connectivity index (χ2n) is 4.91. The lowest BCUT2D eigenvalue weighted by Gasteiger charge is -2.18. The average Bonchev–Trinajstić information content (AvgIpc) is 2.40. The molecule has 0 aromatic carbocycles. The molecule has 2 rings (SSSR count). The fraction of sp³-hybridized carbons (Fsp3) is 0.533.